The molecule has 1 aliphatic heterocycles. The first kappa shape index (κ1) is 18.1. The standard InChI is InChI=1S/C18H24F2N6O/c19-18(20)4-2-13(3-5-18)16(21)14-11-26-15(24-14)8-12(9-23-26)10-25-7-1-6-22-17(25)27/h8-9,11,13,16H,1-7,10,21H2,(H,22,27)/t16-/m0/s1. The number of imidazole rings is 1. The largest absolute Gasteiger partial charge is 0.338 e. The normalized spacial score (nSPS) is 22.0. The highest BCUT2D eigenvalue weighted by Crippen LogP contribution is 2.40. The molecule has 2 fully saturated rings. The van der Waals surface area contributed by atoms with Gasteiger partial charge in [-0.3, -0.25) is 0 Å². The number of hydrogen-bond acceptors (Lipinski definition) is 4. The molecular weight excluding hydrogens is 354 g/mol. The van der Waals surface area contributed by atoms with Crippen molar-refractivity contribution in [1.29, 1.82) is 0 Å². The number of hydrogen-bond donors (Lipinski definition) is 2. The van der Waals surface area contributed by atoms with Crippen molar-refractivity contribution in [2.24, 2.45) is 11.7 Å². The third-order valence-corrected chi connectivity index (χ3v) is 5.55. The summed E-state index contributed by atoms with van der Waals surface area (Å²) in [4.78, 5) is 18.2. The van der Waals surface area contributed by atoms with Crippen molar-refractivity contribution < 1.29 is 13.6 Å². The van der Waals surface area contributed by atoms with E-state index >= 15 is 0 Å². The number of nitrogens with two attached hydrogens (primary N) is 1. The zero-order valence-electron chi connectivity index (χ0n) is 15.1. The fourth-order valence-corrected chi connectivity index (χ4v) is 3.89. The van der Waals surface area contributed by atoms with Gasteiger partial charge in [0, 0.05) is 32.5 Å². The number of rotatable bonds is 4. The molecule has 0 spiro atoms. The van der Waals surface area contributed by atoms with Crippen LogP contribution in [0.1, 0.15) is 49.4 Å². The maximum absolute atomic E-state index is 13.4. The number of aromatic nitrogens is 3. The average Bonchev–Trinajstić information content (AvgIpc) is 3.06. The Kier molecular flexibility index (Phi) is 4.71. The van der Waals surface area contributed by atoms with E-state index in [9.17, 15) is 13.6 Å². The van der Waals surface area contributed by atoms with Crippen LogP contribution in [0.2, 0.25) is 0 Å². The van der Waals surface area contributed by atoms with Gasteiger partial charge in [-0.25, -0.2) is 23.1 Å². The zero-order chi connectivity index (χ0) is 19.0. The molecule has 7 nitrogen and oxygen atoms in total. The van der Waals surface area contributed by atoms with Gasteiger partial charge in [-0.1, -0.05) is 0 Å². The number of fused-ring (bicyclic) bond motifs is 1. The second-order valence-electron chi connectivity index (χ2n) is 7.56. The predicted octanol–water partition coefficient (Wildman–Crippen LogP) is 2.47. The second kappa shape index (κ2) is 7.03. The average molecular weight is 378 g/mol. The van der Waals surface area contributed by atoms with Gasteiger partial charge in [0.05, 0.1) is 24.1 Å². The molecule has 3 N–H and O–H groups in total. The molecule has 27 heavy (non-hydrogen) atoms. The quantitative estimate of drug-likeness (QED) is 0.855. The van der Waals surface area contributed by atoms with E-state index in [2.05, 4.69) is 15.4 Å². The van der Waals surface area contributed by atoms with Gasteiger partial charge in [-0.05, 0) is 36.8 Å². The molecular formula is C18H24F2N6O. The summed E-state index contributed by atoms with van der Waals surface area (Å²) in [6, 6.07) is 1.44. The van der Waals surface area contributed by atoms with Crippen molar-refractivity contribution in [2.75, 3.05) is 13.1 Å². The van der Waals surface area contributed by atoms with E-state index in [1.54, 1.807) is 21.8 Å². The molecule has 1 aliphatic carbocycles. The summed E-state index contributed by atoms with van der Waals surface area (Å²) < 4.78 is 28.4. The molecule has 2 aliphatic rings. The van der Waals surface area contributed by atoms with E-state index in [1.807, 2.05) is 6.07 Å². The van der Waals surface area contributed by atoms with E-state index < -0.39 is 5.92 Å². The third-order valence-electron chi connectivity index (χ3n) is 5.55. The van der Waals surface area contributed by atoms with Crippen LogP contribution in [0.4, 0.5) is 13.6 Å². The molecule has 9 heteroatoms. The molecule has 0 bridgehead atoms. The van der Waals surface area contributed by atoms with Crippen molar-refractivity contribution in [1.82, 2.24) is 24.8 Å². The van der Waals surface area contributed by atoms with Crippen molar-refractivity contribution in [3.05, 3.63) is 29.7 Å². The third kappa shape index (κ3) is 3.87. The number of alkyl halides is 2. The summed E-state index contributed by atoms with van der Waals surface area (Å²) >= 11 is 0. The van der Waals surface area contributed by atoms with Crippen molar-refractivity contribution >= 4 is 11.7 Å². The molecule has 0 unspecified atom stereocenters. The van der Waals surface area contributed by atoms with Gasteiger partial charge in [0.25, 0.3) is 0 Å². The first-order valence-electron chi connectivity index (χ1n) is 9.42. The molecule has 1 saturated heterocycles. The van der Waals surface area contributed by atoms with E-state index in [0.717, 1.165) is 12.0 Å². The zero-order valence-corrected chi connectivity index (χ0v) is 15.1. The Balaban J connectivity index is 1.48. The highest BCUT2D eigenvalue weighted by atomic mass is 19.3. The first-order chi connectivity index (χ1) is 12.9. The van der Waals surface area contributed by atoms with Gasteiger partial charge in [0.2, 0.25) is 5.92 Å². The maximum Gasteiger partial charge on any atom is 0.317 e. The second-order valence-corrected chi connectivity index (χ2v) is 7.56. The van der Waals surface area contributed by atoms with E-state index in [4.69, 9.17) is 5.73 Å². The van der Waals surface area contributed by atoms with E-state index in [-0.39, 0.29) is 30.8 Å². The molecule has 2 aromatic rings. The van der Waals surface area contributed by atoms with Gasteiger partial charge in [-0.2, -0.15) is 5.10 Å². The lowest BCUT2D eigenvalue weighted by Gasteiger charge is -2.31. The number of halogens is 2. The van der Waals surface area contributed by atoms with Gasteiger partial charge in [0.15, 0.2) is 5.65 Å². The van der Waals surface area contributed by atoms with Crippen molar-refractivity contribution in [3.63, 3.8) is 0 Å². The summed E-state index contributed by atoms with van der Waals surface area (Å²) in [7, 11) is 0. The number of carbonyl (C=O) groups is 1. The molecule has 3 heterocycles. The Hall–Kier alpha value is -2.29. The predicted molar refractivity (Wildman–Crippen MR) is 95.2 cm³/mol. The van der Waals surface area contributed by atoms with Crippen molar-refractivity contribution in [3.8, 4) is 0 Å². The van der Waals surface area contributed by atoms with E-state index in [1.165, 1.54) is 0 Å². The number of urea groups is 1. The molecule has 0 aromatic carbocycles. The molecule has 4 rings (SSSR count). The highest BCUT2D eigenvalue weighted by Gasteiger charge is 2.37. The Morgan fingerprint density at radius 2 is 2.15 bits per heavy atom. The fourth-order valence-electron chi connectivity index (χ4n) is 3.89. The maximum atomic E-state index is 13.4. The molecule has 1 saturated carbocycles. The Morgan fingerprint density at radius 3 is 2.89 bits per heavy atom. The van der Waals surface area contributed by atoms with Crippen LogP contribution in [0.5, 0.6) is 0 Å². The van der Waals surface area contributed by atoms with Crippen molar-refractivity contribution in [2.45, 2.75) is 50.6 Å². The van der Waals surface area contributed by atoms with Crippen LogP contribution in [0, 0.1) is 5.92 Å². The molecule has 146 valence electrons. The van der Waals surface area contributed by atoms with Crippen LogP contribution < -0.4 is 11.1 Å². The summed E-state index contributed by atoms with van der Waals surface area (Å²) in [5, 5.41) is 7.19. The lowest BCUT2D eigenvalue weighted by atomic mass is 9.81. The Morgan fingerprint density at radius 1 is 1.37 bits per heavy atom. The Bertz CT molecular complexity index is 828. The monoisotopic (exact) mass is 378 g/mol. The van der Waals surface area contributed by atoms with Gasteiger partial charge in [0.1, 0.15) is 0 Å². The summed E-state index contributed by atoms with van der Waals surface area (Å²) in [5.74, 6) is -2.56. The smallest absolute Gasteiger partial charge is 0.317 e. The molecule has 1 atom stereocenters. The van der Waals surface area contributed by atoms with Crippen LogP contribution in [-0.2, 0) is 6.54 Å². The van der Waals surface area contributed by atoms with Crippen LogP contribution >= 0.6 is 0 Å². The number of carbonyl (C=O) groups excluding carboxylic acids is 1. The summed E-state index contributed by atoms with van der Waals surface area (Å²) in [6.07, 6.45) is 5.00. The Labute approximate surface area is 155 Å². The highest BCUT2D eigenvalue weighted by molar-refractivity contribution is 5.74. The van der Waals surface area contributed by atoms with Crippen LogP contribution in [0.3, 0.4) is 0 Å². The minimum Gasteiger partial charge on any atom is -0.338 e. The van der Waals surface area contributed by atoms with Crippen LogP contribution in [-0.4, -0.2) is 44.5 Å². The minimum absolute atomic E-state index is 0.00561. The summed E-state index contributed by atoms with van der Waals surface area (Å²) in [6.45, 7) is 1.90. The number of amides is 2. The number of nitrogens with one attached hydrogen (secondary N) is 1. The van der Waals surface area contributed by atoms with E-state index in [0.29, 0.717) is 43.8 Å². The molecule has 2 amide bonds. The van der Waals surface area contributed by atoms with Gasteiger partial charge >= 0.3 is 6.03 Å². The van der Waals surface area contributed by atoms with Gasteiger partial charge in [-0.15, -0.1) is 0 Å². The lowest BCUT2D eigenvalue weighted by molar-refractivity contribution is -0.0484. The van der Waals surface area contributed by atoms with Crippen LogP contribution in [0.25, 0.3) is 5.65 Å². The SMILES string of the molecule is N[C@H](c1cn2ncc(CN3CCCNC3=O)cc2n1)C1CCC(F)(F)CC1. The summed E-state index contributed by atoms with van der Waals surface area (Å²) in [5.41, 5.74) is 8.53. The van der Waals surface area contributed by atoms with Gasteiger partial charge < -0.3 is 16.0 Å². The topological polar surface area (TPSA) is 88.5 Å². The minimum atomic E-state index is -2.56. The fraction of sp³-hybridized carbons (Fsp3) is 0.611. The first-order valence-corrected chi connectivity index (χ1v) is 9.42. The molecule has 0 radical (unpaired) electrons. The van der Waals surface area contributed by atoms with Crippen LogP contribution in [0.15, 0.2) is 18.5 Å². The molecule has 2 aromatic heterocycles. The number of nitrogens with zero attached hydrogens (tertiary/aromatic N) is 4. The lowest BCUT2D eigenvalue weighted by Crippen LogP contribution is -2.45.